The number of allylic oxidation sites excluding steroid dienone is 1. The Kier molecular flexibility index (Phi) is 7.66. The fourth-order valence-corrected chi connectivity index (χ4v) is 5.23. The molecule has 2 unspecified atom stereocenters. The predicted molar refractivity (Wildman–Crippen MR) is 128 cm³/mol. The maximum Gasteiger partial charge on any atom is 0.227 e. The van der Waals surface area contributed by atoms with Crippen LogP contribution in [-0.4, -0.2) is 41.1 Å². The van der Waals surface area contributed by atoms with Gasteiger partial charge >= 0.3 is 0 Å². The van der Waals surface area contributed by atoms with Crippen LogP contribution in [0.5, 0.6) is 11.5 Å². The van der Waals surface area contributed by atoms with Gasteiger partial charge < -0.3 is 14.9 Å². The van der Waals surface area contributed by atoms with Crippen LogP contribution in [0.3, 0.4) is 0 Å². The Morgan fingerprint density at radius 3 is 2.91 bits per heavy atom. The molecule has 3 aliphatic rings. The highest BCUT2D eigenvalue weighted by Crippen LogP contribution is 2.41. The number of phenolic OH excluding ortho intramolecular Hbond substituents is 1. The van der Waals surface area contributed by atoms with Crippen molar-refractivity contribution in [3.8, 4) is 11.5 Å². The number of ether oxygens (including phenoxy) is 1. The standard InChI is InChI=1S/C27H36N2O4/c1-27(11-2-3-12-27)13-4-5-22(30)16-23(31)8-6-20-7-9-25(32)26(15-20)33-19-29-17-21-10-14-28-24(21)18-29/h7,9-10,14-15,17,22,30,32H,2-6,8,11-13,16,18-19H2,1H3/p+1. The first kappa shape index (κ1) is 23.7. The maximum atomic E-state index is 12.4. The van der Waals surface area contributed by atoms with Gasteiger partial charge in [-0.25, -0.2) is 0 Å². The Morgan fingerprint density at radius 1 is 1.30 bits per heavy atom. The van der Waals surface area contributed by atoms with Crippen molar-refractivity contribution < 1.29 is 24.6 Å². The molecular formula is C27H37N2O4+. The zero-order valence-electron chi connectivity index (χ0n) is 19.7. The van der Waals surface area contributed by atoms with Crippen LogP contribution >= 0.6 is 0 Å². The van der Waals surface area contributed by atoms with E-state index in [9.17, 15) is 15.0 Å². The average molecular weight is 454 g/mol. The van der Waals surface area contributed by atoms with Crippen LogP contribution in [-0.2, 0) is 11.2 Å². The molecule has 33 heavy (non-hydrogen) atoms. The number of aliphatic hydroxyl groups excluding tert-OH is 1. The van der Waals surface area contributed by atoms with Crippen LogP contribution in [0.4, 0.5) is 0 Å². The molecule has 3 N–H and O–H groups in total. The van der Waals surface area contributed by atoms with Gasteiger partial charge in [-0.3, -0.25) is 14.7 Å². The van der Waals surface area contributed by atoms with E-state index in [0.29, 0.717) is 37.2 Å². The van der Waals surface area contributed by atoms with Gasteiger partial charge in [0.1, 0.15) is 24.2 Å². The molecule has 6 heteroatoms. The Hall–Kier alpha value is -2.44. The summed E-state index contributed by atoms with van der Waals surface area (Å²) in [4.78, 5) is 17.8. The third kappa shape index (κ3) is 6.55. The van der Waals surface area contributed by atoms with Crippen molar-refractivity contribution in [2.45, 2.75) is 77.2 Å². The van der Waals surface area contributed by atoms with E-state index in [2.05, 4.69) is 18.1 Å². The topological polar surface area (TPSA) is 83.6 Å². The number of quaternary nitrogens is 1. The number of carbonyl (C=O) groups is 1. The fourth-order valence-electron chi connectivity index (χ4n) is 5.23. The molecular weight excluding hydrogens is 416 g/mol. The van der Waals surface area contributed by atoms with E-state index in [1.54, 1.807) is 6.07 Å². The molecule has 1 aliphatic carbocycles. The van der Waals surface area contributed by atoms with Gasteiger partial charge in [-0.2, -0.15) is 0 Å². The molecule has 0 radical (unpaired) electrons. The molecule has 1 aromatic rings. The molecule has 0 bridgehead atoms. The predicted octanol–water partition coefficient (Wildman–Crippen LogP) is 3.48. The van der Waals surface area contributed by atoms with E-state index in [4.69, 9.17) is 4.74 Å². The van der Waals surface area contributed by atoms with E-state index < -0.39 is 6.10 Å². The smallest absolute Gasteiger partial charge is 0.227 e. The SMILES string of the molecule is CC1(CCCC(O)CC(=O)CCc2ccc(O)c(OC[NH+]3C=C4C=CN=C4C3)c2)CCCC1. The first-order chi connectivity index (χ1) is 15.9. The molecule has 6 nitrogen and oxygen atoms in total. The van der Waals surface area contributed by atoms with Crippen molar-refractivity contribution in [2.24, 2.45) is 10.4 Å². The first-order valence-corrected chi connectivity index (χ1v) is 12.3. The van der Waals surface area contributed by atoms with E-state index in [-0.39, 0.29) is 18.0 Å². The van der Waals surface area contributed by atoms with E-state index in [1.807, 2.05) is 24.4 Å². The minimum Gasteiger partial charge on any atom is -0.504 e. The quantitative estimate of drug-likeness (QED) is 0.452. The summed E-state index contributed by atoms with van der Waals surface area (Å²) >= 11 is 0. The Morgan fingerprint density at radius 2 is 2.12 bits per heavy atom. The van der Waals surface area contributed by atoms with Crippen molar-refractivity contribution in [3.05, 3.63) is 47.8 Å². The molecule has 0 saturated heterocycles. The zero-order chi connectivity index (χ0) is 23.3. The average Bonchev–Trinajstić information content (AvgIpc) is 3.49. The van der Waals surface area contributed by atoms with Crippen molar-refractivity contribution in [1.82, 2.24) is 0 Å². The number of hydrogen-bond acceptors (Lipinski definition) is 5. The highest BCUT2D eigenvalue weighted by Gasteiger charge is 2.28. The molecule has 2 atom stereocenters. The third-order valence-corrected chi connectivity index (χ3v) is 7.29. The van der Waals surface area contributed by atoms with Crippen molar-refractivity contribution in [3.63, 3.8) is 0 Å². The van der Waals surface area contributed by atoms with Crippen LogP contribution in [0.1, 0.15) is 70.3 Å². The lowest BCUT2D eigenvalue weighted by atomic mass is 9.83. The summed E-state index contributed by atoms with van der Waals surface area (Å²) in [5.74, 6) is 0.611. The molecule has 0 spiro atoms. The minimum atomic E-state index is -0.544. The Bertz CT molecular complexity index is 943. The number of Topliss-reactive ketones (excluding diaryl/α,β-unsaturated/α-hetero) is 1. The molecule has 178 valence electrons. The summed E-state index contributed by atoms with van der Waals surface area (Å²) in [5.41, 5.74) is 3.60. The molecule has 1 saturated carbocycles. The third-order valence-electron chi connectivity index (χ3n) is 7.29. The summed E-state index contributed by atoms with van der Waals surface area (Å²) in [5, 5.41) is 20.5. The number of fused-ring (bicyclic) bond motifs is 1. The van der Waals surface area contributed by atoms with Crippen LogP contribution in [0.25, 0.3) is 0 Å². The summed E-state index contributed by atoms with van der Waals surface area (Å²) in [6.45, 7) is 3.53. The Balaban J connectivity index is 1.18. The largest absolute Gasteiger partial charge is 0.504 e. The molecule has 1 fully saturated rings. The van der Waals surface area contributed by atoms with Gasteiger partial charge in [-0.15, -0.1) is 0 Å². The molecule has 0 aromatic heterocycles. The number of aromatic hydroxyl groups is 1. The summed E-state index contributed by atoms with van der Waals surface area (Å²) in [7, 11) is 0. The number of rotatable bonds is 12. The van der Waals surface area contributed by atoms with Gasteiger partial charge in [0.25, 0.3) is 0 Å². The van der Waals surface area contributed by atoms with Crippen LogP contribution in [0.2, 0.25) is 0 Å². The van der Waals surface area contributed by atoms with Gasteiger partial charge in [0, 0.05) is 19.0 Å². The monoisotopic (exact) mass is 453 g/mol. The van der Waals surface area contributed by atoms with Gasteiger partial charge in [0.05, 0.1) is 11.7 Å². The lowest BCUT2D eigenvalue weighted by Crippen LogP contribution is -3.07. The molecule has 4 rings (SSSR count). The number of aryl methyl sites for hydroxylation is 1. The zero-order valence-corrected chi connectivity index (χ0v) is 19.7. The molecule has 2 heterocycles. The number of nitrogens with one attached hydrogen (secondary N) is 1. The van der Waals surface area contributed by atoms with Crippen molar-refractivity contribution in [2.75, 3.05) is 13.3 Å². The highest BCUT2D eigenvalue weighted by atomic mass is 16.5. The molecule has 2 aliphatic heterocycles. The number of ketones is 1. The number of carbonyl (C=O) groups excluding carboxylic acids is 1. The number of aliphatic hydroxyl groups is 1. The number of hydrogen-bond donors (Lipinski definition) is 3. The van der Waals surface area contributed by atoms with Gasteiger partial charge in [-0.05, 0) is 61.3 Å². The molecule has 1 aromatic carbocycles. The minimum absolute atomic E-state index is 0.0821. The van der Waals surface area contributed by atoms with Crippen LogP contribution < -0.4 is 9.64 Å². The highest BCUT2D eigenvalue weighted by molar-refractivity contribution is 6.06. The van der Waals surface area contributed by atoms with Crippen molar-refractivity contribution >= 4 is 11.5 Å². The fraction of sp³-hybridized carbons (Fsp3) is 0.556. The normalized spacial score (nSPS) is 21.6. The van der Waals surface area contributed by atoms with E-state index >= 15 is 0 Å². The van der Waals surface area contributed by atoms with Crippen molar-refractivity contribution in [1.29, 1.82) is 0 Å². The number of aliphatic imine (C=N–C) groups is 1. The van der Waals surface area contributed by atoms with Gasteiger partial charge in [0.2, 0.25) is 6.73 Å². The second kappa shape index (κ2) is 10.7. The van der Waals surface area contributed by atoms with Gasteiger partial charge in [0.15, 0.2) is 11.5 Å². The van der Waals surface area contributed by atoms with Crippen LogP contribution in [0.15, 0.2) is 47.2 Å². The lowest BCUT2D eigenvalue weighted by molar-refractivity contribution is -0.851. The summed E-state index contributed by atoms with van der Waals surface area (Å²) in [6, 6.07) is 5.25. The second-order valence-corrected chi connectivity index (χ2v) is 10.2. The Labute approximate surface area is 196 Å². The van der Waals surface area contributed by atoms with E-state index in [0.717, 1.165) is 41.1 Å². The summed E-state index contributed by atoms with van der Waals surface area (Å²) in [6.07, 6.45) is 14.6. The maximum absolute atomic E-state index is 12.4. The molecule has 0 amide bonds. The van der Waals surface area contributed by atoms with Gasteiger partial charge in [-0.1, -0.05) is 32.3 Å². The number of nitrogens with zero attached hydrogens (tertiary/aromatic N) is 1. The summed E-state index contributed by atoms with van der Waals surface area (Å²) < 4.78 is 5.86. The first-order valence-electron chi connectivity index (χ1n) is 12.3. The van der Waals surface area contributed by atoms with Crippen LogP contribution in [0, 0.1) is 5.41 Å². The lowest BCUT2D eigenvalue weighted by Gasteiger charge is -2.23. The second-order valence-electron chi connectivity index (χ2n) is 10.2. The number of benzene rings is 1. The van der Waals surface area contributed by atoms with E-state index in [1.165, 1.54) is 25.7 Å². The number of phenols is 1.